The van der Waals surface area contributed by atoms with E-state index in [-0.39, 0.29) is 0 Å². The van der Waals surface area contributed by atoms with Gasteiger partial charge in [-0.25, -0.2) is 0 Å². The molecule has 326 valence electrons. The second-order valence-corrected chi connectivity index (χ2v) is 19.8. The molecule has 6 nitrogen and oxygen atoms in total. The molecule has 0 unspecified atom stereocenters. The summed E-state index contributed by atoms with van der Waals surface area (Å²) in [6, 6.07) is 84.3. The minimum absolute atomic E-state index is 0.610. The van der Waals surface area contributed by atoms with E-state index in [4.69, 9.17) is 8.44 Å². The molecule has 0 N–H and O–H groups in total. The SMILES string of the molecule is O=C([O][Bi]([O]C(=O)C(c1ccccc1)(c1ccccc1)c1ccccc1)[O]C(=O)C(c1ccccc1)(c1ccccc1)c1ccccc1)C(c1ccccc1)(c1ccccc1)c1ccccc1. The summed E-state index contributed by atoms with van der Waals surface area (Å²) in [6.07, 6.45) is 0. The van der Waals surface area contributed by atoms with Crippen LogP contribution in [-0.2, 0) is 39.1 Å². The predicted octanol–water partition coefficient (Wildman–Crippen LogP) is 11.7. The van der Waals surface area contributed by atoms with Crippen LogP contribution in [0.15, 0.2) is 273 Å². The van der Waals surface area contributed by atoms with E-state index in [1.54, 1.807) is 0 Å². The van der Waals surface area contributed by atoms with E-state index in [2.05, 4.69) is 0 Å². The van der Waals surface area contributed by atoms with Crippen molar-refractivity contribution in [3.8, 4) is 0 Å². The summed E-state index contributed by atoms with van der Waals surface area (Å²) in [5, 5.41) is 0. The van der Waals surface area contributed by atoms with Gasteiger partial charge in [0.15, 0.2) is 0 Å². The molecule has 9 rings (SSSR count). The molecule has 0 aliphatic heterocycles. The van der Waals surface area contributed by atoms with Crippen LogP contribution in [0.4, 0.5) is 0 Å². The van der Waals surface area contributed by atoms with Gasteiger partial charge in [-0.3, -0.25) is 0 Å². The maximum atomic E-state index is 16.0. The molecule has 0 saturated heterocycles. The van der Waals surface area contributed by atoms with Gasteiger partial charge in [-0.05, 0) is 0 Å². The molecule has 0 amide bonds. The van der Waals surface area contributed by atoms with E-state index in [0.29, 0.717) is 50.1 Å². The summed E-state index contributed by atoms with van der Waals surface area (Å²) < 4.78 is 20.4. The number of carbonyl (C=O) groups excluding carboxylic acids is 3. The molecule has 0 bridgehead atoms. The molecule has 0 fully saturated rings. The molecular weight excluding hydrogens is 1030 g/mol. The third-order valence-corrected chi connectivity index (χ3v) is 15.9. The monoisotopic (exact) mass is 1070 g/mol. The van der Waals surface area contributed by atoms with E-state index in [9.17, 15) is 0 Å². The van der Waals surface area contributed by atoms with Gasteiger partial charge in [0.1, 0.15) is 0 Å². The van der Waals surface area contributed by atoms with E-state index < -0.39 is 57.2 Å². The quantitative estimate of drug-likeness (QED) is 0.0752. The topological polar surface area (TPSA) is 78.9 Å². The summed E-state index contributed by atoms with van der Waals surface area (Å²) in [5.74, 6) is -2.28. The first kappa shape index (κ1) is 44.5. The molecule has 9 aromatic rings. The van der Waals surface area contributed by atoms with E-state index >= 15 is 14.4 Å². The van der Waals surface area contributed by atoms with Crippen molar-refractivity contribution in [2.45, 2.75) is 16.2 Å². The second-order valence-electron chi connectivity index (χ2n) is 15.9. The van der Waals surface area contributed by atoms with Crippen molar-refractivity contribution in [3.63, 3.8) is 0 Å². The summed E-state index contributed by atoms with van der Waals surface area (Å²) in [7, 11) is 0. The third-order valence-electron chi connectivity index (χ3n) is 12.3. The Hall–Kier alpha value is -7.73. The fraction of sp³-hybridized carbons (Fsp3) is 0.0500. The summed E-state index contributed by atoms with van der Waals surface area (Å²) in [6.45, 7) is 0. The molecule has 0 spiro atoms. The summed E-state index contributed by atoms with van der Waals surface area (Å²) in [4.78, 5) is 48.0. The Morgan fingerprint density at radius 2 is 0.343 bits per heavy atom. The van der Waals surface area contributed by atoms with Crippen molar-refractivity contribution in [1.29, 1.82) is 0 Å². The fourth-order valence-corrected chi connectivity index (χ4v) is 12.8. The normalized spacial score (nSPS) is 11.6. The molecule has 0 saturated carbocycles. The van der Waals surface area contributed by atoms with Gasteiger partial charge in [0.05, 0.1) is 0 Å². The minimum atomic E-state index is -5.36. The van der Waals surface area contributed by atoms with Crippen molar-refractivity contribution in [2.24, 2.45) is 0 Å². The van der Waals surface area contributed by atoms with Gasteiger partial charge in [0.2, 0.25) is 0 Å². The van der Waals surface area contributed by atoms with Crippen LogP contribution in [0.25, 0.3) is 0 Å². The van der Waals surface area contributed by atoms with Gasteiger partial charge in [0, 0.05) is 0 Å². The van der Waals surface area contributed by atoms with Crippen LogP contribution in [0.2, 0.25) is 0 Å². The zero-order valence-corrected chi connectivity index (χ0v) is 39.9. The molecule has 0 atom stereocenters. The van der Waals surface area contributed by atoms with Crippen LogP contribution in [0.1, 0.15) is 50.1 Å². The Bertz CT molecular complexity index is 2390. The first-order valence-corrected chi connectivity index (χ1v) is 26.2. The van der Waals surface area contributed by atoms with Crippen molar-refractivity contribution in [2.75, 3.05) is 0 Å². The average Bonchev–Trinajstić information content (AvgIpc) is 3.40. The van der Waals surface area contributed by atoms with Crippen LogP contribution in [0, 0.1) is 0 Å². The molecule has 0 aliphatic carbocycles. The molecule has 0 aliphatic rings. The molecule has 7 heteroatoms. The van der Waals surface area contributed by atoms with Crippen LogP contribution in [0.3, 0.4) is 0 Å². The standard InChI is InChI=1S/3C20H16O2.Bi/c3*21-19(22)20(16-10-4-1-5-11-16,17-12-6-2-7-13-17)18-14-8-3-9-15-18;/h3*1-15H,(H,21,22);/q;;;+3/p-3. The molecule has 67 heavy (non-hydrogen) atoms. The Morgan fingerprint density at radius 1 is 0.224 bits per heavy atom. The molecule has 9 aromatic carbocycles. The number of hydrogen-bond acceptors (Lipinski definition) is 6. The van der Waals surface area contributed by atoms with Crippen LogP contribution in [0.5, 0.6) is 0 Å². The summed E-state index contributed by atoms with van der Waals surface area (Å²) in [5.41, 5.74) is 0.698. The first-order valence-electron chi connectivity index (χ1n) is 22.0. The van der Waals surface area contributed by atoms with Crippen molar-refractivity contribution in [3.05, 3.63) is 323 Å². The molecule has 0 heterocycles. The van der Waals surface area contributed by atoms with Gasteiger partial charge in [-0.1, -0.05) is 0 Å². The molecule has 0 aromatic heterocycles. The predicted molar refractivity (Wildman–Crippen MR) is 262 cm³/mol. The average molecular weight is 1070 g/mol. The van der Waals surface area contributed by atoms with Gasteiger partial charge >= 0.3 is 403 Å². The maximum absolute atomic E-state index is 16.0. The zero-order chi connectivity index (χ0) is 45.9. The first-order chi connectivity index (χ1) is 33.0. The van der Waals surface area contributed by atoms with Gasteiger partial charge < -0.3 is 0 Å². The fourth-order valence-electron chi connectivity index (χ4n) is 9.22. The van der Waals surface area contributed by atoms with Crippen molar-refractivity contribution >= 4 is 41.0 Å². The van der Waals surface area contributed by atoms with Crippen LogP contribution in [-0.4, -0.2) is 41.0 Å². The number of carbonyl (C=O) groups is 3. The number of hydrogen-bond donors (Lipinski definition) is 0. The van der Waals surface area contributed by atoms with Crippen LogP contribution >= 0.6 is 0 Å². The Labute approximate surface area is 400 Å². The summed E-state index contributed by atoms with van der Waals surface area (Å²) >= 11 is -5.36. The van der Waals surface area contributed by atoms with Gasteiger partial charge in [-0.15, -0.1) is 0 Å². The Balaban J connectivity index is 1.27. The van der Waals surface area contributed by atoms with E-state index in [1.807, 2.05) is 273 Å². The number of benzene rings is 9. The van der Waals surface area contributed by atoms with Gasteiger partial charge in [0.25, 0.3) is 0 Å². The van der Waals surface area contributed by atoms with E-state index in [0.717, 1.165) is 0 Å². The van der Waals surface area contributed by atoms with E-state index in [1.165, 1.54) is 0 Å². The van der Waals surface area contributed by atoms with Crippen molar-refractivity contribution in [1.82, 2.24) is 0 Å². The second kappa shape index (κ2) is 20.2. The Morgan fingerprint density at radius 3 is 0.463 bits per heavy atom. The van der Waals surface area contributed by atoms with Crippen LogP contribution < -0.4 is 0 Å². The molecule has 0 radical (unpaired) electrons. The molecular formula is C60H45BiO6. The van der Waals surface area contributed by atoms with Crippen molar-refractivity contribution < 1.29 is 22.8 Å². The zero-order valence-electron chi connectivity index (χ0n) is 36.4. The Kier molecular flexibility index (Phi) is 13.4. The number of rotatable bonds is 15. The van der Waals surface area contributed by atoms with Gasteiger partial charge in [-0.2, -0.15) is 0 Å². The third kappa shape index (κ3) is 8.39.